The number of benzene rings is 1. The van der Waals surface area contributed by atoms with Crippen LogP contribution in [0.3, 0.4) is 0 Å². The van der Waals surface area contributed by atoms with Crippen LogP contribution in [0, 0.1) is 0 Å². The lowest BCUT2D eigenvalue weighted by atomic mass is 9.84. The van der Waals surface area contributed by atoms with E-state index in [9.17, 15) is 4.79 Å². The minimum Gasteiger partial charge on any atom is -0.437 e. The number of hydrogen-bond acceptors (Lipinski definition) is 8. The highest BCUT2D eigenvalue weighted by atomic mass is 16.5. The first-order chi connectivity index (χ1) is 16.8. The zero-order valence-corrected chi connectivity index (χ0v) is 17.5. The van der Waals surface area contributed by atoms with E-state index in [-0.39, 0.29) is 0 Å². The lowest BCUT2D eigenvalue weighted by molar-refractivity contribution is 0.422. The van der Waals surface area contributed by atoms with Crippen molar-refractivity contribution in [3.8, 4) is 23.0 Å². The highest BCUT2D eigenvalue weighted by molar-refractivity contribution is 5.86. The molecule has 1 aromatic carbocycles. The van der Waals surface area contributed by atoms with E-state index in [1.165, 1.54) is 0 Å². The molecule has 0 N–H and O–H groups in total. The maximum absolute atomic E-state index is 13.3. The van der Waals surface area contributed by atoms with Crippen molar-refractivity contribution >= 4 is 16.6 Å². The lowest BCUT2D eigenvalue weighted by Gasteiger charge is -2.27. The van der Waals surface area contributed by atoms with Crippen LogP contribution in [0.2, 0.25) is 0 Å². The van der Waals surface area contributed by atoms with Crippen molar-refractivity contribution in [1.29, 1.82) is 0 Å². The van der Waals surface area contributed by atoms with Crippen LogP contribution in [0.15, 0.2) is 88.9 Å². The summed E-state index contributed by atoms with van der Waals surface area (Å²) in [6, 6.07) is 14.7. The second-order valence-electron chi connectivity index (χ2n) is 7.85. The van der Waals surface area contributed by atoms with E-state index in [2.05, 4.69) is 20.1 Å². The summed E-state index contributed by atoms with van der Waals surface area (Å²) in [5.74, 6) is 0.786. The second kappa shape index (κ2) is 7.04. The molecule has 162 valence electrons. The lowest BCUT2D eigenvalue weighted by Crippen LogP contribution is -2.22. The number of hydrogen-bond donors (Lipinski definition) is 0. The molecule has 0 saturated carbocycles. The first-order valence-electron chi connectivity index (χ1n) is 10.6. The summed E-state index contributed by atoms with van der Waals surface area (Å²) >= 11 is 0. The standard InChI is InChI=1S/C25H14N6O3/c32-25-19-18(14-5-9-26-10-6-14)20-23-29-22(15-7-11-27-12-8-15)30-31(23)13-28-24(20)34-21(19)16-3-1-2-4-17(16)33-25/h1-13,18H. The molecular weight excluding hydrogens is 432 g/mol. The third-order valence-electron chi connectivity index (χ3n) is 5.94. The molecule has 0 spiro atoms. The van der Waals surface area contributed by atoms with Gasteiger partial charge in [-0.2, -0.15) is 0 Å². The van der Waals surface area contributed by atoms with Crippen LogP contribution in [0.1, 0.15) is 22.6 Å². The van der Waals surface area contributed by atoms with Crippen molar-refractivity contribution in [3.63, 3.8) is 0 Å². The molecule has 1 aliphatic heterocycles. The van der Waals surface area contributed by atoms with Gasteiger partial charge in [-0.3, -0.25) is 9.97 Å². The van der Waals surface area contributed by atoms with Gasteiger partial charge in [-0.1, -0.05) is 12.1 Å². The maximum Gasteiger partial charge on any atom is 0.344 e. The highest BCUT2D eigenvalue weighted by Crippen LogP contribution is 2.48. The predicted octanol–water partition coefficient (Wildman–Crippen LogP) is 3.97. The molecule has 9 heteroatoms. The van der Waals surface area contributed by atoms with Crippen molar-refractivity contribution in [2.75, 3.05) is 0 Å². The molecular formula is C25H14N6O3. The summed E-state index contributed by atoms with van der Waals surface area (Å²) in [6.07, 6.45) is 8.31. The van der Waals surface area contributed by atoms with Crippen molar-refractivity contribution in [3.05, 3.63) is 107 Å². The average Bonchev–Trinajstić information content (AvgIpc) is 3.33. The van der Waals surface area contributed by atoms with Crippen LogP contribution in [-0.4, -0.2) is 29.5 Å². The Hall–Kier alpha value is -4.92. The fraction of sp³-hybridized carbons (Fsp3) is 0.0400. The van der Waals surface area contributed by atoms with Crippen LogP contribution in [0.25, 0.3) is 28.0 Å². The fourth-order valence-corrected chi connectivity index (χ4v) is 4.44. The summed E-state index contributed by atoms with van der Waals surface area (Å²) in [5.41, 5.74) is 3.19. The SMILES string of the molecule is O=c1oc2ccccc2c2c1C(c1ccncc1)c1c(ncn3nc(-c4ccncc4)nc13)O2. The Balaban J connectivity index is 1.56. The number of aromatic nitrogens is 6. The summed E-state index contributed by atoms with van der Waals surface area (Å²) in [4.78, 5) is 30.8. The fourth-order valence-electron chi connectivity index (χ4n) is 4.44. The van der Waals surface area contributed by atoms with Gasteiger partial charge in [-0.25, -0.2) is 19.3 Å². The van der Waals surface area contributed by atoms with E-state index in [0.29, 0.717) is 45.2 Å². The van der Waals surface area contributed by atoms with Crippen LogP contribution in [0.5, 0.6) is 11.6 Å². The molecule has 0 aliphatic carbocycles. The third kappa shape index (κ3) is 2.67. The van der Waals surface area contributed by atoms with Gasteiger partial charge in [0, 0.05) is 30.4 Å². The number of fused-ring (bicyclic) bond motifs is 6. The van der Waals surface area contributed by atoms with E-state index < -0.39 is 11.5 Å². The zero-order chi connectivity index (χ0) is 22.6. The number of para-hydroxylation sites is 1. The molecule has 0 radical (unpaired) electrons. The van der Waals surface area contributed by atoms with Crippen molar-refractivity contribution in [2.24, 2.45) is 0 Å². The highest BCUT2D eigenvalue weighted by Gasteiger charge is 2.37. The first-order valence-corrected chi connectivity index (χ1v) is 10.6. The van der Waals surface area contributed by atoms with Gasteiger partial charge < -0.3 is 9.15 Å². The summed E-state index contributed by atoms with van der Waals surface area (Å²) < 4.78 is 13.6. The van der Waals surface area contributed by atoms with Crippen LogP contribution in [-0.2, 0) is 0 Å². The Morgan fingerprint density at radius 1 is 0.882 bits per heavy atom. The third-order valence-corrected chi connectivity index (χ3v) is 5.94. The van der Waals surface area contributed by atoms with Crippen LogP contribution >= 0.6 is 0 Å². The van der Waals surface area contributed by atoms with Gasteiger partial charge in [-0.05, 0) is 42.0 Å². The van der Waals surface area contributed by atoms with Gasteiger partial charge in [0.15, 0.2) is 17.2 Å². The largest absolute Gasteiger partial charge is 0.437 e. The quantitative estimate of drug-likeness (QED) is 0.367. The minimum atomic E-state index is -0.534. The molecule has 5 aromatic heterocycles. The van der Waals surface area contributed by atoms with E-state index in [0.717, 1.165) is 11.1 Å². The predicted molar refractivity (Wildman–Crippen MR) is 122 cm³/mol. The van der Waals surface area contributed by atoms with Gasteiger partial charge in [-0.15, -0.1) is 5.10 Å². The first kappa shape index (κ1) is 18.6. The van der Waals surface area contributed by atoms with Gasteiger partial charge in [0.25, 0.3) is 0 Å². The Labute approximate surface area is 191 Å². The van der Waals surface area contributed by atoms with E-state index in [4.69, 9.17) is 14.1 Å². The summed E-state index contributed by atoms with van der Waals surface area (Å²) in [7, 11) is 0. The van der Waals surface area contributed by atoms with Gasteiger partial charge >= 0.3 is 5.63 Å². The van der Waals surface area contributed by atoms with Crippen LogP contribution < -0.4 is 10.4 Å². The van der Waals surface area contributed by atoms with Crippen molar-refractivity contribution < 1.29 is 9.15 Å². The Morgan fingerprint density at radius 3 is 2.47 bits per heavy atom. The second-order valence-corrected chi connectivity index (χ2v) is 7.85. The molecule has 6 aromatic rings. The molecule has 0 bridgehead atoms. The summed E-state index contributed by atoms with van der Waals surface area (Å²) in [6.45, 7) is 0. The molecule has 6 heterocycles. The van der Waals surface area contributed by atoms with E-state index in [1.54, 1.807) is 41.7 Å². The Kier molecular flexibility index (Phi) is 3.86. The minimum absolute atomic E-state index is 0.367. The number of pyridine rings is 2. The smallest absolute Gasteiger partial charge is 0.344 e. The van der Waals surface area contributed by atoms with Crippen molar-refractivity contribution in [1.82, 2.24) is 29.5 Å². The Bertz CT molecular complexity index is 1760. The molecule has 1 atom stereocenters. The van der Waals surface area contributed by atoms with Gasteiger partial charge in [0.05, 0.1) is 22.4 Å². The van der Waals surface area contributed by atoms with Gasteiger partial charge in [0.2, 0.25) is 5.88 Å². The zero-order valence-electron chi connectivity index (χ0n) is 17.5. The monoisotopic (exact) mass is 446 g/mol. The number of nitrogens with zero attached hydrogens (tertiary/aromatic N) is 6. The average molecular weight is 446 g/mol. The molecule has 34 heavy (non-hydrogen) atoms. The normalized spacial score (nSPS) is 14.5. The summed E-state index contributed by atoms with van der Waals surface area (Å²) in [5, 5.41) is 5.29. The molecule has 0 fully saturated rings. The molecule has 1 unspecified atom stereocenters. The molecule has 7 rings (SSSR count). The molecule has 0 saturated heterocycles. The Morgan fingerprint density at radius 2 is 1.65 bits per heavy atom. The number of rotatable bonds is 2. The van der Waals surface area contributed by atoms with E-state index >= 15 is 0 Å². The molecule has 1 aliphatic rings. The molecule has 9 nitrogen and oxygen atoms in total. The van der Waals surface area contributed by atoms with Crippen LogP contribution in [0.4, 0.5) is 0 Å². The van der Waals surface area contributed by atoms with Gasteiger partial charge in [0.1, 0.15) is 11.9 Å². The molecule has 0 amide bonds. The maximum atomic E-state index is 13.3. The van der Waals surface area contributed by atoms with E-state index in [1.807, 2.05) is 42.5 Å². The van der Waals surface area contributed by atoms with Crippen molar-refractivity contribution in [2.45, 2.75) is 5.92 Å². The topological polar surface area (TPSA) is 108 Å². The number of ether oxygens (including phenoxy) is 1.